The molecule has 3 atom stereocenters. The largest absolute Gasteiger partial charge is 0.456 e. The molecule has 0 saturated heterocycles. The molecule has 6 rings (SSSR count). The molecule has 0 amide bonds. The molecule has 5 nitrogen and oxygen atoms in total. The second kappa shape index (κ2) is 7.20. The summed E-state index contributed by atoms with van der Waals surface area (Å²) in [7, 11) is 0. The summed E-state index contributed by atoms with van der Waals surface area (Å²) >= 11 is 0. The number of carbonyl (C=O) groups excluding carboxylic acids is 3. The van der Waals surface area contributed by atoms with E-state index in [0.717, 1.165) is 30.6 Å². The number of carbonyl (C=O) groups is 3. The Labute approximate surface area is 178 Å². The van der Waals surface area contributed by atoms with Crippen LogP contribution in [-0.2, 0) is 23.9 Å². The van der Waals surface area contributed by atoms with Gasteiger partial charge in [0.1, 0.15) is 11.4 Å². The molecule has 5 fully saturated rings. The molecule has 6 aliphatic rings. The SMILES string of the molecule is CCC(CC)(OC(=O)COC(=O)C1CC2C=CC1C2=O)C12CC3CC(CC(C3)C1)C2. The zero-order valence-electron chi connectivity index (χ0n) is 18.2. The lowest BCUT2D eigenvalue weighted by Crippen LogP contribution is -2.59. The van der Waals surface area contributed by atoms with Crippen LogP contribution in [0, 0.1) is 40.9 Å². The van der Waals surface area contributed by atoms with Crippen molar-refractivity contribution in [2.45, 2.75) is 77.2 Å². The lowest BCUT2D eigenvalue weighted by atomic mass is 9.44. The highest BCUT2D eigenvalue weighted by molar-refractivity contribution is 5.97. The summed E-state index contributed by atoms with van der Waals surface area (Å²) in [6, 6.07) is 0. The van der Waals surface area contributed by atoms with Gasteiger partial charge in [0.05, 0.1) is 5.92 Å². The molecule has 0 aromatic rings. The first-order valence-corrected chi connectivity index (χ1v) is 12.0. The summed E-state index contributed by atoms with van der Waals surface area (Å²) in [6.45, 7) is 3.92. The molecule has 3 unspecified atom stereocenters. The number of esters is 2. The third-order valence-corrected chi connectivity index (χ3v) is 9.28. The van der Waals surface area contributed by atoms with Gasteiger partial charge in [0.25, 0.3) is 0 Å². The van der Waals surface area contributed by atoms with Gasteiger partial charge in [-0.3, -0.25) is 9.59 Å². The average molecular weight is 415 g/mol. The normalized spacial score (nSPS) is 40.8. The highest BCUT2D eigenvalue weighted by atomic mass is 16.6. The van der Waals surface area contributed by atoms with Crippen LogP contribution >= 0.6 is 0 Å². The van der Waals surface area contributed by atoms with E-state index < -0.39 is 23.5 Å². The monoisotopic (exact) mass is 414 g/mol. The topological polar surface area (TPSA) is 69.7 Å². The van der Waals surface area contributed by atoms with Gasteiger partial charge in [0, 0.05) is 17.3 Å². The summed E-state index contributed by atoms with van der Waals surface area (Å²) in [5, 5.41) is 0. The van der Waals surface area contributed by atoms with Crippen LogP contribution in [0.3, 0.4) is 0 Å². The van der Waals surface area contributed by atoms with E-state index in [1.54, 1.807) is 0 Å². The average Bonchev–Trinajstić information content (AvgIpc) is 3.23. The van der Waals surface area contributed by atoms with E-state index in [2.05, 4.69) is 13.8 Å². The second-order valence-corrected chi connectivity index (χ2v) is 10.7. The van der Waals surface area contributed by atoms with E-state index in [0.29, 0.717) is 6.42 Å². The number of ether oxygens (including phenoxy) is 2. The Morgan fingerprint density at radius 3 is 2.07 bits per heavy atom. The van der Waals surface area contributed by atoms with Crippen molar-refractivity contribution in [1.82, 2.24) is 0 Å². The van der Waals surface area contributed by atoms with Crippen LogP contribution in [0.15, 0.2) is 12.2 Å². The Hall–Kier alpha value is -1.65. The van der Waals surface area contributed by atoms with Crippen LogP contribution in [0.4, 0.5) is 0 Å². The Bertz CT molecular complexity index is 741. The van der Waals surface area contributed by atoms with Crippen molar-refractivity contribution in [2.24, 2.45) is 40.9 Å². The molecule has 0 radical (unpaired) electrons. The Balaban J connectivity index is 1.24. The number of ketones is 1. The van der Waals surface area contributed by atoms with E-state index >= 15 is 0 Å². The highest BCUT2D eigenvalue weighted by Gasteiger charge is 2.61. The van der Waals surface area contributed by atoms with Gasteiger partial charge < -0.3 is 9.47 Å². The molecular weight excluding hydrogens is 380 g/mol. The fourth-order valence-electron chi connectivity index (χ4n) is 8.29. The fraction of sp³-hybridized carbons (Fsp3) is 0.800. The van der Waals surface area contributed by atoms with E-state index in [-0.39, 0.29) is 29.6 Å². The van der Waals surface area contributed by atoms with Crippen LogP contribution in [0.5, 0.6) is 0 Å². The summed E-state index contributed by atoms with van der Waals surface area (Å²) in [5.74, 6) is 0.636. The van der Waals surface area contributed by atoms with Crippen LogP contribution in [0.1, 0.15) is 71.6 Å². The van der Waals surface area contributed by atoms with Gasteiger partial charge in [-0.25, -0.2) is 4.79 Å². The smallest absolute Gasteiger partial charge is 0.344 e. The first-order valence-electron chi connectivity index (χ1n) is 12.0. The summed E-state index contributed by atoms with van der Waals surface area (Å²) in [4.78, 5) is 37.4. The molecule has 0 aromatic heterocycles. The lowest BCUT2D eigenvalue weighted by molar-refractivity contribution is -0.215. The van der Waals surface area contributed by atoms with E-state index in [9.17, 15) is 14.4 Å². The Kier molecular flexibility index (Phi) is 4.86. The maximum absolute atomic E-state index is 12.8. The predicted octanol–water partition coefficient (Wildman–Crippen LogP) is 4.24. The molecule has 5 saturated carbocycles. The molecule has 6 bridgehead atoms. The van der Waals surface area contributed by atoms with Gasteiger partial charge in [0.15, 0.2) is 6.61 Å². The molecule has 0 spiro atoms. The minimum atomic E-state index is -0.461. The Morgan fingerprint density at radius 2 is 1.60 bits per heavy atom. The van der Waals surface area contributed by atoms with Crippen molar-refractivity contribution in [3.05, 3.63) is 12.2 Å². The number of hydrogen-bond donors (Lipinski definition) is 0. The van der Waals surface area contributed by atoms with Crippen molar-refractivity contribution < 1.29 is 23.9 Å². The Morgan fingerprint density at radius 1 is 1.00 bits per heavy atom. The summed E-state index contributed by atoms with van der Waals surface area (Å²) in [6.07, 6.45) is 13.4. The predicted molar refractivity (Wildman–Crippen MR) is 110 cm³/mol. The second-order valence-electron chi connectivity index (χ2n) is 10.7. The summed E-state index contributed by atoms with van der Waals surface area (Å²) < 4.78 is 11.6. The van der Waals surface area contributed by atoms with Crippen molar-refractivity contribution in [2.75, 3.05) is 6.61 Å². The maximum atomic E-state index is 12.8. The van der Waals surface area contributed by atoms with Gasteiger partial charge in [-0.2, -0.15) is 0 Å². The third kappa shape index (κ3) is 2.98. The molecular formula is C25H34O5. The highest BCUT2D eigenvalue weighted by Crippen LogP contribution is 2.65. The van der Waals surface area contributed by atoms with Crippen LogP contribution in [0.2, 0.25) is 0 Å². The van der Waals surface area contributed by atoms with E-state index in [1.165, 1.54) is 38.5 Å². The lowest BCUT2D eigenvalue weighted by Gasteiger charge is -2.63. The fourth-order valence-corrected chi connectivity index (χ4v) is 8.29. The molecule has 0 aromatic carbocycles. The molecule has 6 aliphatic carbocycles. The van der Waals surface area contributed by atoms with Crippen molar-refractivity contribution in [1.29, 1.82) is 0 Å². The van der Waals surface area contributed by atoms with Gasteiger partial charge in [0.2, 0.25) is 0 Å². The van der Waals surface area contributed by atoms with Crippen molar-refractivity contribution >= 4 is 17.7 Å². The van der Waals surface area contributed by atoms with Crippen molar-refractivity contribution in [3.8, 4) is 0 Å². The van der Waals surface area contributed by atoms with E-state index in [4.69, 9.17) is 9.47 Å². The number of Topliss-reactive ketones (excluding diaryl/α,β-unsaturated/α-hetero) is 1. The zero-order valence-corrected chi connectivity index (χ0v) is 18.2. The van der Waals surface area contributed by atoms with Crippen LogP contribution in [0.25, 0.3) is 0 Å². The molecule has 0 N–H and O–H groups in total. The first kappa shape index (κ1) is 20.3. The van der Waals surface area contributed by atoms with Crippen molar-refractivity contribution in [3.63, 3.8) is 0 Å². The first-order chi connectivity index (χ1) is 14.4. The van der Waals surface area contributed by atoms with Gasteiger partial charge >= 0.3 is 11.9 Å². The van der Waals surface area contributed by atoms with Gasteiger partial charge in [-0.15, -0.1) is 0 Å². The minimum absolute atomic E-state index is 0.0900. The number of fused-ring (bicyclic) bond motifs is 2. The molecule has 30 heavy (non-hydrogen) atoms. The summed E-state index contributed by atoms with van der Waals surface area (Å²) in [5.41, 5.74) is -0.371. The molecule has 164 valence electrons. The van der Waals surface area contributed by atoms with Crippen LogP contribution in [-0.4, -0.2) is 29.9 Å². The number of hydrogen-bond acceptors (Lipinski definition) is 5. The number of rotatable bonds is 7. The zero-order chi connectivity index (χ0) is 21.1. The van der Waals surface area contributed by atoms with Crippen LogP contribution < -0.4 is 0 Å². The third-order valence-electron chi connectivity index (χ3n) is 9.28. The standard InChI is InChI=1S/C25H34O5/c1-3-25(4-2,24-11-15-7-16(12-24)9-17(8-15)13-24)30-21(26)14-29-23(28)20-10-18-5-6-19(20)22(18)27/h5-6,15-20H,3-4,7-14H2,1-2H3. The van der Waals surface area contributed by atoms with Gasteiger partial charge in [-0.1, -0.05) is 26.0 Å². The minimum Gasteiger partial charge on any atom is -0.456 e. The molecule has 0 heterocycles. The van der Waals surface area contributed by atoms with E-state index in [1.807, 2.05) is 12.2 Å². The number of allylic oxidation sites excluding steroid dienone is 2. The maximum Gasteiger partial charge on any atom is 0.344 e. The molecule has 0 aliphatic heterocycles. The van der Waals surface area contributed by atoms with Gasteiger partial charge in [-0.05, 0) is 75.5 Å². The quantitative estimate of drug-likeness (QED) is 0.460. The molecule has 5 heteroatoms.